The predicted octanol–water partition coefficient (Wildman–Crippen LogP) is 3.04. The van der Waals surface area contributed by atoms with Gasteiger partial charge in [-0.3, -0.25) is 4.79 Å². The van der Waals surface area contributed by atoms with Crippen LogP contribution in [0.2, 0.25) is 0 Å². The summed E-state index contributed by atoms with van der Waals surface area (Å²) in [5, 5.41) is 3.47. The number of carbonyl (C=O) groups excluding carboxylic acids is 1. The van der Waals surface area contributed by atoms with Gasteiger partial charge in [0.05, 0.1) is 0 Å². The standard InChI is InChI=1S/C18H35N3O.2ClH/c1-5-21-10-8-17(15(3)13-21)20(4)18(22)11-14(2)16-7-6-9-19-12-16;;/h14-17,19H,5-13H2,1-4H3;2*1H. The summed E-state index contributed by atoms with van der Waals surface area (Å²) in [6, 6.07) is 0.423. The highest BCUT2D eigenvalue weighted by Crippen LogP contribution is 2.26. The first-order chi connectivity index (χ1) is 10.5. The Balaban J connectivity index is 0.00000264. The summed E-state index contributed by atoms with van der Waals surface area (Å²) in [7, 11) is 2.02. The lowest BCUT2D eigenvalue weighted by molar-refractivity contribution is -0.135. The third kappa shape index (κ3) is 6.36. The summed E-state index contributed by atoms with van der Waals surface area (Å²) < 4.78 is 0. The van der Waals surface area contributed by atoms with Crippen LogP contribution in [0.4, 0.5) is 0 Å². The Labute approximate surface area is 160 Å². The molecule has 6 heteroatoms. The molecule has 2 fully saturated rings. The summed E-state index contributed by atoms with van der Waals surface area (Å²) in [4.78, 5) is 17.2. The summed E-state index contributed by atoms with van der Waals surface area (Å²) in [6.07, 6.45) is 4.36. The molecule has 0 saturated carbocycles. The number of nitrogens with zero attached hydrogens (tertiary/aromatic N) is 2. The summed E-state index contributed by atoms with van der Waals surface area (Å²) in [5.74, 6) is 2.09. The summed E-state index contributed by atoms with van der Waals surface area (Å²) in [6.45, 7) is 12.4. The van der Waals surface area contributed by atoms with Crippen molar-refractivity contribution in [2.75, 3.05) is 39.8 Å². The van der Waals surface area contributed by atoms with E-state index in [0.717, 1.165) is 39.1 Å². The molecule has 0 aromatic carbocycles. The largest absolute Gasteiger partial charge is 0.342 e. The van der Waals surface area contributed by atoms with E-state index >= 15 is 0 Å². The Kier molecular flexibility index (Phi) is 11.5. The van der Waals surface area contributed by atoms with Crippen LogP contribution in [0, 0.1) is 17.8 Å². The normalized spacial score (nSPS) is 29.1. The van der Waals surface area contributed by atoms with E-state index in [1.54, 1.807) is 0 Å². The fourth-order valence-corrected chi connectivity index (χ4v) is 4.22. The molecule has 0 spiro atoms. The van der Waals surface area contributed by atoms with Crippen LogP contribution in [0.3, 0.4) is 0 Å². The molecule has 4 unspecified atom stereocenters. The van der Waals surface area contributed by atoms with Gasteiger partial charge in [0.2, 0.25) is 5.91 Å². The second-order valence-electron chi connectivity index (χ2n) is 7.52. The van der Waals surface area contributed by atoms with Crippen molar-refractivity contribution in [3.05, 3.63) is 0 Å². The maximum atomic E-state index is 12.7. The number of nitrogens with one attached hydrogen (secondary N) is 1. The van der Waals surface area contributed by atoms with Crippen molar-refractivity contribution in [2.45, 2.75) is 52.5 Å². The number of hydrogen-bond acceptors (Lipinski definition) is 3. The maximum Gasteiger partial charge on any atom is 0.222 e. The fraction of sp³-hybridized carbons (Fsp3) is 0.944. The van der Waals surface area contributed by atoms with Crippen molar-refractivity contribution < 1.29 is 4.79 Å². The molecule has 0 bridgehead atoms. The van der Waals surface area contributed by atoms with Gasteiger partial charge in [-0.15, -0.1) is 24.8 Å². The zero-order valence-corrected chi connectivity index (χ0v) is 17.4. The van der Waals surface area contributed by atoms with E-state index in [-0.39, 0.29) is 24.8 Å². The molecule has 0 aromatic rings. The number of amides is 1. The van der Waals surface area contributed by atoms with Crippen molar-refractivity contribution >= 4 is 30.7 Å². The molecule has 4 nitrogen and oxygen atoms in total. The average molecular weight is 382 g/mol. The number of carbonyl (C=O) groups is 1. The van der Waals surface area contributed by atoms with Crippen molar-refractivity contribution in [3.8, 4) is 0 Å². The zero-order valence-electron chi connectivity index (χ0n) is 15.8. The van der Waals surface area contributed by atoms with Crippen molar-refractivity contribution in [3.63, 3.8) is 0 Å². The summed E-state index contributed by atoms with van der Waals surface area (Å²) >= 11 is 0. The van der Waals surface area contributed by atoms with Gasteiger partial charge in [-0.05, 0) is 56.7 Å². The maximum absolute atomic E-state index is 12.7. The lowest BCUT2D eigenvalue weighted by atomic mass is 9.84. The van der Waals surface area contributed by atoms with Gasteiger partial charge < -0.3 is 15.1 Å². The van der Waals surface area contributed by atoms with Gasteiger partial charge in [-0.25, -0.2) is 0 Å². The number of piperidine rings is 2. The number of rotatable bonds is 5. The highest BCUT2D eigenvalue weighted by molar-refractivity contribution is 5.85. The second kappa shape index (κ2) is 11.6. The monoisotopic (exact) mass is 381 g/mol. The molecule has 0 aliphatic carbocycles. The Morgan fingerprint density at radius 2 is 2.04 bits per heavy atom. The van der Waals surface area contributed by atoms with Gasteiger partial charge in [0.1, 0.15) is 0 Å². The van der Waals surface area contributed by atoms with Crippen LogP contribution in [0.25, 0.3) is 0 Å². The quantitative estimate of drug-likeness (QED) is 0.794. The SMILES string of the molecule is CCN1CCC(N(C)C(=O)CC(C)C2CCCNC2)C(C)C1.Cl.Cl. The van der Waals surface area contributed by atoms with Crippen LogP contribution >= 0.6 is 24.8 Å². The Bertz CT molecular complexity index is 364. The van der Waals surface area contributed by atoms with Crippen LogP contribution in [0.5, 0.6) is 0 Å². The van der Waals surface area contributed by atoms with Crippen LogP contribution in [0.1, 0.15) is 46.5 Å². The molecule has 2 rings (SSSR count). The number of halogens is 2. The third-order valence-electron chi connectivity index (χ3n) is 5.92. The Hall–Kier alpha value is -0.0300. The van der Waals surface area contributed by atoms with E-state index in [0.29, 0.717) is 36.1 Å². The molecule has 0 aromatic heterocycles. The smallest absolute Gasteiger partial charge is 0.222 e. The van der Waals surface area contributed by atoms with E-state index < -0.39 is 0 Å². The molecule has 24 heavy (non-hydrogen) atoms. The first kappa shape index (κ1) is 24.0. The fourth-order valence-electron chi connectivity index (χ4n) is 4.22. The molecule has 0 radical (unpaired) electrons. The molecule has 2 aliphatic rings. The minimum atomic E-state index is 0. The molecule has 2 saturated heterocycles. The van der Waals surface area contributed by atoms with Crippen molar-refractivity contribution in [1.29, 1.82) is 0 Å². The van der Waals surface area contributed by atoms with E-state index in [9.17, 15) is 4.79 Å². The highest BCUT2D eigenvalue weighted by Gasteiger charge is 2.32. The highest BCUT2D eigenvalue weighted by atomic mass is 35.5. The van der Waals surface area contributed by atoms with Crippen LogP contribution in [0.15, 0.2) is 0 Å². The molecule has 144 valence electrons. The lowest BCUT2D eigenvalue weighted by Gasteiger charge is -2.41. The van der Waals surface area contributed by atoms with E-state index in [1.165, 1.54) is 12.8 Å². The van der Waals surface area contributed by atoms with Gasteiger partial charge >= 0.3 is 0 Å². The van der Waals surface area contributed by atoms with Gasteiger partial charge in [0, 0.05) is 32.6 Å². The minimum absolute atomic E-state index is 0. The average Bonchev–Trinajstić information content (AvgIpc) is 2.54. The molecule has 1 N–H and O–H groups in total. The molecule has 2 heterocycles. The van der Waals surface area contributed by atoms with Gasteiger partial charge in [0.25, 0.3) is 0 Å². The first-order valence-electron chi connectivity index (χ1n) is 9.21. The van der Waals surface area contributed by atoms with Crippen LogP contribution < -0.4 is 5.32 Å². The minimum Gasteiger partial charge on any atom is -0.342 e. The second-order valence-corrected chi connectivity index (χ2v) is 7.52. The van der Waals surface area contributed by atoms with Gasteiger partial charge in [-0.1, -0.05) is 20.8 Å². The summed E-state index contributed by atoms with van der Waals surface area (Å²) in [5.41, 5.74) is 0. The number of hydrogen-bond donors (Lipinski definition) is 1. The first-order valence-corrected chi connectivity index (χ1v) is 9.21. The van der Waals surface area contributed by atoms with E-state index in [1.807, 2.05) is 7.05 Å². The van der Waals surface area contributed by atoms with Gasteiger partial charge in [-0.2, -0.15) is 0 Å². The lowest BCUT2D eigenvalue weighted by Crippen LogP contribution is -2.51. The van der Waals surface area contributed by atoms with Crippen molar-refractivity contribution in [2.24, 2.45) is 17.8 Å². The molecule has 4 atom stereocenters. The Morgan fingerprint density at radius 1 is 1.33 bits per heavy atom. The molecular weight excluding hydrogens is 345 g/mol. The zero-order chi connectivity index (χ0) is 16.1. The van der Waals surface area contributed by atoms with Crippen molar-refractivity contribution in [1.82, 2.24) is 15.1 Å². The van der Waals surface area contributed by atoms with Crippen LogP contribution in [-0.4, -0.2) is 61.5 Å². The predicted molar refractivity (Wildman–Crippen MR) is 106 cm³/mol. The number of likely N-dealkylation sites (tertiary alicyclic amines) is 1. The molecule has 1 amide bonds. The van der Waals surface area contributed by atoms with E-state index in [4.69, 9.17) is 0 Å². The topological polar surface area (TPSA) is 35.6 Å². The Morgan fingerprint density at radius 3 is 2.58 bits per heavy atom. The molecular formula is C18H37Cl2N3O. The van der Waals surface area contributed by atoms with E-state index in [2.05, 4.69) is 35.9 Å². The molecule has 2 aliphatic heterocycles. The third-order valence-corrected chi connectivity index (χ3v) is 5.92. The van der Waals surface area contributed by atoms with Crippen LogP contribution in [-0.2, 0) is 4.79 Å². The van der Waals surface area contributed by atoms with Gasteiger partial charge in [0.15, 0.2) is 0 Å².